The maximum Gasteiger partial charge on any atom is 0.169 e. The molecule has 0 unspecified atom stereocenters. The lowest BCUT2D eigenvalue weighted by molar-refractivity contribution is -0.142. The maximum atomic E-state index is 12.6. The number of carbonyl (C=O) groups excluding carboxylic acids is 1. The highest BCUT2D eigenvalue weighted by Crippen LogP contribution is 2.35. The van der Waals surface area contributed by atoms with E-state index in [0.717, 1.165) is 36.8 Å². The first-order valence-electron chi connectivity index (χ1n) is 7.00. The summed E-state index contributed by atoms with van der Waals surface area (Å²) in [6, 6.07) is 5.85. The van der Waals surface area contributed by atoms with Gasteiger partial charge in [0.2, 0.25) is 0 Å². The second-order valence-electron chi connectivity index (χ2n) is 5.33. The number of aryl methyl sites for hydroxylation is 1. The molecule has 19 heavy (non-hydrogen) atoms. The lowest BCUT2D eigenvalue weighted by Gasteiger charge is -2.27. The van der Waals surface area contributed by atoms with Crippen LogP contribution in [0.2, 0.25) is 5.02 Å². The van der Waals surface area contributed by atoms with Crippen LogP contribution in [0.25, 0.3) is 0 Å². The first-order chi connectivity index (χ1) is 9.07. The molecule has 104 valence electrons. The van der Waals surface area contributed by atoms with Gasteiger partial charge in [0.15, 0.2) is 5.78 Å². The predicted octanol–water partition coefficient (Wildman–Crippen LogP) is 4.11. The van der Waals surface area contributed by atoms with Gasteiger partial charge < -0.3 is 4.74 Å². The standard InChI is InChI=1S/C16H21ClO2/c1-3-19-16(8-4-5-9-16)15(18)11-13-7-6-12(2)10-14(13)17/h6-7,10H,3-5,8-9,11H2,1-2H3. The van der Waals surface area contributed by atoms with Crippen LogP contribution in [-0.4, -0.2) is 18.0 Å². The molecular formula is C16H21ClO2. The van der Waals surface area contributed by atoms with Crippen LogP contribution in [-0.2, 0) is 16.0 Å². The molecule has 0 saturated heterocycles. The highest BCUT2D eigenvalue weighted by Gasteiger charge is 2.41. The van der Waals surface area contributed by atoms with Crippen LogP contribution in [0.3, 0.4) is 0 Å². The van der Waals surface area contributed by atoms with E-state index in [1.807, 2.05) is 32.0 Å². The fourth-order valence-corrected chi connectivity index (χ4v) is 3.16. The van der Waals surface area contributed by atoms with Gasteiger partial charge in [-0.05, 0) is 56.7 Å². The van der Waals surface area contributed by atoms with Crippen molar-refractivity contribution in [3.05, 3.63) is 34.3 Å². The summed E-state index contributed by atoms with van der Waals surface area (Å²) in [7, 11) is 0. The van der Waals surface area contributed by atoms with Gasteiger partial charge in [-0.1, -0.05) is 23.7 Å². The van der Waals surface area contributed by atoms with Crippen molar-refractivity contribution in [3.63, 3.8) is 0 Å². The normalized spacial score (nSPS) is 17.6. The molecule has 0 spiro atoms. The molecule has 0 atom stereocenters. The van der Waals surface area contributed by atoms with Crippen LogP contribution in [0.1, 0.15) is 43.7 Å². The largest absolute Gasteiger partial charge is 0.367 e. The average molecular weight is 281 g/mol. The van der Waals surface area contributed by atoms with Crippen LogP contribution in [0.4, 0.5) is 0 Å². The SMILES string of the molecule is CCOC1(C(=O)Cc2ccc(C)cc2Cl)CCCC1. The summed E-state index contributed by atoms with van der Waals surface area (Å²) in [5.41, 5.74) is 1.47. The van der Waals surface area contributed by atoms with Crippen molar-refractivity contribution in [2.45, 2.75) is 51.6 Å². The molecule has 0 radical (unpaired) electrons. The van der Waals surface area contributed by atoms with Gasteiger partial charge in [0.05, 0.1) is 0 Å². The molecular weight excluding hydrogens is 260 g/mol. The van der Waals surface area contributed by atoms with E-state index in [1.54, 1.807) is 0 Å². The van der Waals surface area contributed by atoms with E-state index in [4.69, 9.17) is 16.3 Å². The van der Waals surface area contributed by atoms with Crippen LogP contribution in [0.15, 0.2) is 18.2 Å². The van der Waals surface area contributed by atoms with E-state index in [0.29, 0.717) is 18.1 Å². The van der Waals surface area contributed by atoms with Crippen molar-refractivity contribution in [3.8, 4) is 0 Å². The van der Waals surface area contributed by atoms with Gasteiger partial charge in [-0.3, -0.25) is 4.79 Å². The molecule has 2 nitrogen and oxygen atoms in total. The van der Waals surface area contributed by atoms with Gasteiger partial charge in [-0.25, -0.2) is 0 Å². The summed E-state index contributed by atoms with van der Waals surface area (Å²) in [6.45, 7) is 4.54. The fraction of sp³-hybridized carbons (Fsp3) is 0.562. The second-order valence-corrected chi connectivity index (χ2v) is 5.74. The zero-order chi connectivity index (χ0) is 13.9. The van der Waals surface area contributed by atoms with Crippen molar-refractivity contribution in [2.75, 3.05) is 6.61 Å². The monoisotopic (exact) mass is 280 g/mol. The summed E-state index contributed by atoms with van der Waals surface area (Å²) < 4.78 is 5.80. The van der Waals surface area contributed by atoms with E-state index in [1.165, 1.54) is 0 Å². The van der Waals surface area contributed by atoms with Gasteiger partial charge in [0, 0.05) is 18.1 Å². The van der Waals surface area contributed by atoms with Crippen LogP contribution < -0.4 is 0 Å². The van der Waals surface area contributed by atoms with E-state index < -0.39 is 5.60 Å². The Bertz CT molecular complexity index is 462. The highest BCUT2D eigenvalue weighted by atomic mass is 35.5. The highest BCUT2D eigenvalue weighted by molar-refractivity contribution is 6.31. The summed E-state index contributed by atoms with van der Waals surface area (Å²) in [6.07, 6.45) is 4.23. The third-order valence-corrected chi connectivity index (χ3v) is 4.25. The Morgan fingerprint density at radius 3 is 2.63 bits per heavy atom. The quantitative estimate of drug-likeness (QED) is 0.811. The first-order valence-corrected chi connectivity index (χ1v) is 7.37. The molecule has 3 heteroatoms. The minimum absolute atomic E-state index is 0.178. The number of halogens is 1. The number of Topliss-reactive ketones (excluding diaryl/α,β-unsaturated/α-hetero) is 1. The Labute approximate surface area is 120 Å². The molecule has 1 fully saturated rings. The zero-order valence-corrected chi connectivity index (χ0v) is 12.4. The third-order valence-electron chi connectivity index (χ3n) is 3.90. The van der Waals surface area contributed by atoms with Gasteiger partial charge in [0.1, 0.15) is 5.60 Å². The average Bonchev–Trinajstić information content (AvgIpc) is 2.83. The molecule has 0 heterocycles. The Hall–Kier alpha value is -0.860. The second kappa shape index (κ2) is 6.06. The van der Waals surface area contributed by atoms with Crippen molar-refractivity contribution in [2.24, 2.45) is 0 Å². The smallest absolute Gasteiger partial charge is 0.169 e. The van der Waals surface area contributed by atoms with Gasteiger partial charge in [-0.2, -0.15) is 0 Å². The van der Waals surface area contributed by atoms with E-state index >= 15 is 0 Å². The number of hydrogen-bond acceptors (Lipinski definition) is 2. The van der Waals surface area contributed by atoms with Crippen LogP contribution >= 0.6 is 11.6 Å². The number of benzene rings is 1. The molecule has 1 aliphatic carbocycles. The minimum atomic E-state index is -0.553. The number of ether oxygens (including phenoxy) is 1. The molecule has 1 aromatic carbocycles. The summed E-state index contributed by atoms with van der Waals surface area (Å²) in [5.74, 6) is 0.178. The molecule has 0 amide bonds. The van der Waals surface area contributed by atoms with E-state index in [2.05, 4.69) is 0 Å². The Kier molecular flexibility index (Phi) is 4.64. The van der Waals surface area contributed by atoms with Crippen molar-refractivity contribution in [1.82, 2.24) is 0 Å². The van der Waals surface area contributed by atoms with Gasteiger partial charge in [-0.15, -0.1) is 0 Å². The molecule has 1 saturated carbocycles. The molecule has 0 aromatic heterocycles. The third kappa shape index (κ3) is 3.18. The number of rotatable bonds is 5. The lowest BCUT2D eigenvalue weighted by atomic mass is 9.91. The zero-order valence-electron chi connectivity index (χ0n) is 11.7. The first kappa shape index (κ1) is 14.5. The topological polar surface area (TPSA) is 26.3 Å². The fourth-order valence-electron chi connectivity index (χ4n) is 2.86. The summed E-state index contributed by atoms with van der Waals surface area (Å²) >= 11 is 6.21. The maximum absolute atomic E-state index is 12.6. The van der Waals surface area contributed by atoms with E-state index in [9.17, 15) is 4.79 Å². The predicted molar refractivity (Wildman–Crippen MR) is 77.7 cm³/mol. The van der Waals surface area contributed by atoms with Crippen LogP contribution in [0, 0.1) is 6.92 Å². The molecule has 0 bridgehead atoms. The Balaban J connectivity index is 2.15. The van der Waals surface area contributed by atoms with E-state index in [-0.39, 0.29) is 5.78 Å². The molecule has 1 aliphatic rings. The van der Waals surface area contributed by atoms with Gasteiger partial charge >= 0.3 is 0 Å². The molecule has 0 aliphatic heterocycles. The summed E-state index contributed by atoms with van der Waals surface area (Å²) in [4.78, 5) is 12.6. The summed E-state index contributed by atoms with van der Waals surface area (Å²) in [5, 5.41) is 0.679. The molecule has 2 rings (SSSR count). The number of hydrogen-bond donors (Lipinski definition) is 0. The molecule has 0 N–H and O–H groups in total. The van der Waals surface area contributed by atoms with Crippen molar-refractivity contribution in [1.29, 1.82) is 0 Å². The van der Waals surface area contributed by atoms with Crippen molar-refractivity contribution >= 4 is 17.4 Å². The Morgan fingerprint density at radius 1 is 1.37 bits per heavy atom. The lowest BCUT2D eigenvalue weighted by Crippen LogP contribution is -2.40. The van der Waals surface area contributed by atoms with Crippen LogP contribution in [0.5, 0.6) is 0 Å². The number of ketones is 1. The molecule has 1 aromatic rings. The minimum Gasteiger partial charge on any atom is -0.367 e. The van der Waals surface area contributed by atoms with Gasteiger partial charge in [0.25, 0.3) is 0 Å². The number of carbonyl (C=O) groups is 1. The van der Waals surface area contributed by atoms with Crippen molar-refractivity contribution < 1.29 is 9.53 Å². The Morgan fingerprint density at radius 2 is 2.05 bits per heavy atom.